The third kappa shape index (κ3) is 3.67. The molecule has 2 aliphatic rings. The van der Waals surface area contributed by atoms with Crippen molar-refractivity contribution in [1.82, 2.24) is 10.3 Å². The second-order valence-corrected chi connectivity index (χ2v) is 8.20. The number of hydrogen-bond donors (Lipinski definition) is 1. The minimum Gasteiger partial charge on any atom is -0.490 e. The van der Waals surface area contributed by atoms with Crippen molar-refractivity contribution in [3.05, 3.63) is 22.5 Å². The molecule has 2 aliphatic heterocycles. The Kier molecular flexibility index (Phi) is 4.54. The van der Waals surface area contributed by atoms with Gasteiger partial charge < -0.3 is 19.5 Å². The van der Waals surface area contributed by atoms with Crippen molar-refractivity contribution in [3.8, 4) is 5.75 Å². The number of alkyl halides is 3. The highest BCUT2D eigenvalue weighted by Crippen LogP contribution is 2.53. The molecule has 6 nitrogen and oxygen atoms in total. The van der Waals surface area contributed by atoms with Crippen LogP contribution in [0.4, 0.5) is 18.0 Å². The summed E-state index contributed by atoms with van der Waals surface area (Å²) in [6.07, 6.45) is -5.01. The van der Waals surface area contributed by atoms with Crippen molar-refractivity contribution in [1.29, 1.82) is 0 Å². The maximum absolute atomic E-state index is 13.4. The van der Waals surface area contributed by atoms with E-state index in [1.54, 1.807) is 27.7 Å². The van der Waals surface area contributed by atoms with Gasteiger partial charge in [0.05, 0.1) is 24.4 Å². The van der Waals surface area contributed by atoms with Crippen LogP contribution in [-0.2, 0) is 20.6 Å². The monoisotopic (exact) mass is 408 g/mol. The molecule has 0 bridgehead atoms. The lowest BCUT2D eigenvalue weighted by atomic mass is 9.85. The van der Waals surface area contributed by atoms with Crippen molar-refractivity contribution < 1.29 is 32.2 Å². The zero-order valence-corrected chi connectivity index (χ0v) is 16.0. The van der Waals surface area contributed by atoms with Crippen LogP contribution in [0.1, 0.15) is 45.4 Å². The largest absolute Gasteiger partial charge is 0.490 e. The first-order valence-corrected chi connectivity index (χ1v) is 8.71. The van der Waals surface area contributed by atoms with E-state index in [-0.39, 0.29) is 23.2 Å². The predicted octanol–water partition coefficient (Wildman–Crippen LogP) is 4.05. The number of alkyl carbamates (subject to hydrolysis) is 1. The van der Waals surface area contributed by atoms with Gasteiger partial charge in [0.25, 0.3) is 0 Å². The molecule has 3 rings (SSSR count). The fourth-order valence-electron chi connectivity index (χ4n) is 2.94. The number of carbonyl (C=O) groups is 1. The van der Waals surface area contributed by atoms with Gasteiger partial charge in [0.2, 0.25) is 5.60 Å². The number of amides is 1. The Balaban J connectivity index is 2.00. The van der Waals surface area contributed by atoms with Crippen LogP contribution >= 0.6 is 11.6 Å². The molecule has 1 aromatic rings. The van der Waals surface area contributed by atoms with Crippen molar-refractivity contribution >= 4 is 17.7 Å². The Labute approximate surface area is 159 Å². The number of pyridine rings is 1. The molecular weight excluding hydrogens is 389 g/mol. The average molecular weight is 409 g/mol. The van der Waals surface area contributed by atoms with Crippen LogP contribution < -0.4 is 10.1 Å². The Hall–Kier alpha value is -1.74. The van der Waals surface area contributed by atoms with E-state index in [1.165, 1.54) is 6.07 Å². The summed E-state index contributed by atoms with van der Waals surface area (Å²) in [7, 11) is 0. The summed E-state index contributed by atoms with van der Waals surface area (Å²) < 4.78 is 55.7. The fourth-order valence-corrected chi connectivity index (χ4v) is 3.18. The van der Waals surface area contributed by atoms with E-state index < -0.39 is 35.6 Å². The van der Waals surface area contributed by atoms with Gasteiger partial charge >= 0.3 is 12.3 Å². The minimum atomic E-state index is -4.64. The van der Waals surface area contributed by atoms with Crippen LogP contribution in [0.3, 0.4) is 0 Å². The Morgan fingerprint density at radius 3 is 2.52 bits per heavy atom. The molecule has 1 unspecified atom stereocenters. The SMILES string of the molecule is CC(C)(C)OC(=O)N[C@@]1(C)CCOc2c1cc(C1(C(F)(F)F)CO1)nc2Cl. The van der Waals surface area contributed by atoms with Gasteiger partial charge in [-0.2, -0.15) is 13.2 Å². The zero-order chi connectivity index (χ0) is 20.3. The van der Waals surface area contributed by atoms with E-state index >= 15 is 0 Å². The molecule has 0 saturated carbocycles. The third-order valence-electron chi connectivity index (χ3n) is 4.46. The number of carbonyl (C=O) groups excluding carboxylic acids is 1. The van der Waals surface area contributed by atoms with E-state index in [2.05, 4.69) is 10.3 Å². The second kappa shape index (κ2) is 6.13. The topological polar surface area (TPSA) is 73.0 Å². The maximum atomic E-state index is 13.4. The molecule has 10 heteroatoms. The first-order chi connectivity index (χ1) is 12.3. The van der Waals surface area contributed by atoms with Crippen molar-refractivity contribution in [2.24, 2.45) is 0 Å². The normalized spacial score (nSPS) is 27.4. The molecule has 1 amide bonds. The highest BCUT2D eigenvalue weighted by Gasteiger charge is 2.68. The standard InChI is InChI=1S/C17H20ClF3N2O4/c1-14(2,3)27-13(24)23-15(4)5-6-25-11-9(15)7-10(22-12(11)18)16(8-26-16)17(19,20)21/h7H,5-6,8H2,1-4H3,(H,23,24)/t15-,16?/m0/s1. The number of epoxide rings is 1. The molecule has 1 N–H and O–H groups in total. The molecule has 0 aromatic carbocycles. The minimum absolute atomic E-state index is 0.142. The highest BCUT2D eigenvalue weighted by atomic mass is 35.5. The molecule has 1 fully saturated rings. The number of rotatable bonds is 2. The molecule has 0 radical (unpaired) electrons. The molecular formula is C17H20ClF3N2O4. The number of fused-ring (bicyclic) bond motifs is 1. The molecule has 150 valence electrons. The number of halogens is 4. The van der Waals surface area contributed by atoms with Gasteiger partial charge in [-0.05, 0) is 33.8 Å². The fraction of sp³-hybridized carbons (Fsp3) is 0.647. The molecule has 27 heavy (non-hydrogen) atoms. The number of hydrogen-bond acceptors (Lipinski definition) is 5. The lowest BCUT2D eigenvalue weighted by Crippen LogP contribution is -2.48. The summed E-state index contributed by atoms with van der Waals surface area (Å²) in [5.74, 6) is 0.142. The van der Waals surface area contributed by atoms with Crippen molar-refractivity contribution in [2.75, 3.05) is 13.2 Å². The van der Waals surface area contributed by atoms with Crippen LogP contribution in [0, 0.1) is 0 Å². The van der Waals surface area contributed by atoms with Crippen LogP contribution in [0.2, 0.25) is 5.15 Å². The summed E-state index contributed by atoms with van der Waals surface area (Å²) in [4.78, 5) is 16.1. The van der Waals surface area contributed by atoms with Gasteiger partial charge in [-0.3, -0.25) is 0 Å². The highest BCUT2D eigenvalue weighted by molar-refractivity contribution is 6.31. The van der Waals surface area contributed by atoms with Gasteiger partial charge in [0.15, 0.2) is 10.9 Å². The number of aromatic nitrogens is 1. The van der Waals surface area contributed by atoms with Gasteiger partial charge in [0, 0.05) is 12.0 Å². The van der Waals surface area contributed by atoms with Crippen LogP contribution in [0.5, 0.6) is 5.75 Å². The van der Waals surface area contributed by atoms with Crippen LogP contribution in [0.25, 0.3) is 0 Å². The van der Waals surface area contributed by atoms with Crippen molar-refractivity contribution in [2.45, 2.75) is 57.0 Å². The molecule has 2 atom stereocenters. The van der Waals surface area contributed by atoms with Crippen LogP contribution in [-0.4, -0.2) is 36.1 Å². The second-order valence-electron chi connectivity index (χ2n) is 7.85. The predicted molar refractivity (Wildman–Crippen MR) is 89.8 cm³/mol. The van der Waals surface area contributed by atoms with Gasteiger partial charge in [-0.25, -0.2) is 9.78 Å². The summed E-state index contributed by atoms with van der Waals surface area (Å²) in [6, 6.07) is 1.23. The zero-order valence-electron chi connectivity index (χ0n) is 15.3. The number of ether oxygens (including phenoxy) is 3. The molecule has 0 aliphatic carbocycles. The summed E-state index contributed by atoms with van der Waals surface area (Å²) >= 11 is 6.10. The molecule has 1 saturated heterocycles. The van der Waals surface area contributed by atoms with Gasteiger partial charge in [0.1, 0.15) is 5.60 Å². The van der Waals surface area contributed by atoms with E-state index in [4.69, 9.17) is 25.8 Å². The lowest BCUT2D eigenvalue weighted by molar-refractivity contribution is -0.188. The lowest BCUT2D eigenvalue weighted by Gasteiger charge is -2.37. The molecule has 1 aromatic heterocycles. The smallest absolute Gasteiger partial charge is 0.425 e. The Bertz CT molecular complexity index is 775. The van der Waals surface area contributed by atoms with Crippen LogP contribution in [0.15, 0.2) is 6.07 Å². The Morgan fingerprint density at radius 2 is 2.00 bits per heavy atom. The quantitative estimate of drug-likeness (QED) is 0.590. The number of nitrogens with zero attached hydrogens (tertiary/aromatic N) is 1. The maximum Gasteiger partial charge on any atom is 0.425 e. The summed E-state index contributed by atoms with van der Waals surface area (Å²) in [6.45, 7) is 6.48. The van der Waals surface area contributed by atoms with Gasteiger partial charge in [-0.15, -0.1) is 0 Å². The summed E-state index contributed by atoms with van der Waals surface area (Å²) in [5.41, 5.74) is -4.30. The van der Waals surface area contributed by atoms with E-state index in [9.17, 15) is 18.0 Å². The first kappa shape index (κ1) is 20.0. The van der Waals surface area contributed by atoms with E-state index in [0.717, 1.165) is 0 Å². The third-order valence-corrected chi connectivity index (χ3v) is 4.71. The number of nitrogens with one attached hydrogen (secondary N) is 1. The Morgan fingerprint density at radius 1 is 1.37 bits per heavy atom. The van der Waals surface area contributed by atoms with E-state index in [0.29, 0.717) is 12.0 Å². The van der Waals surface area contributed by atoms with Gasteiger partial charge in [-0.1, -0.05) is 11.6 Å². The first-order valence-electron chi connectivity index (χ1n) is 8.34. The average Bonchev–Trinajstić information content (AvgIpc) is 3.27. The summed E-state index contributed by atoms with van der Waals surface area (Å²) in [5, 5.41) is 2.51. The molecule has 3 heterocycles. The van der Waals surface area contributed by atoms with E-state index in [1.807, 2.05) is 0 Å². The van der Waals surface area contributed by atoms with Crippen molar-refractivity contribution in [3.63, 3.8) is 0 Å². The molecule has 0 spiro atoms.